The van der Waals surface area contributed by atoms with Crippen molar-refractivity contribution < 1.29 is 8.91 Å². The van der Waals surface area contributed by atoms with Gasteiger partial charge in [0.1, 0.15) is 5.82 Å². The maximum atomic E-state index is 13.5. The zero-order valence-corrected chi connectivity index (χ0v) is 13.4. The average Bonchev–Trinajstić information content (AvgIpc) is 2.91. The van der Waals surface area contributed by atoms with Gasteiger partial charge in [-0.15, -0.1) is 0 Å². The fraction of sp³-hybridized carbons (Fsp3) is 0.467. The van der Waals surface area contributed by atoms with Crippen molar-refractivity contribution in [2.45, 2.75) is 44.1 Å². The van der Waals surface area contributed by atoms with Crippen LogP contribution in [0, 0.1) is 5.82 Å². The van der Waals surface area contributed by atoms with Crippen molar-refractivity contribution in [3.05, 3.63) is 34.4 Å². The summed E-state index contributed by atoms with van der Waals surface area (Å²) in [4.78, 5) is 4.46. The first kappa shape index (κ1) is 14.7. The van der Waals surface area contributed by atoms with Gasteiger partial charge in [-0.25, -0.2) is 4.39 Å². The van der Waals surface area contributed by atoms with Crippen molar-refractivity contribution >= 4 is 15.9 Å². The van der Waals surface area contributed by atoms with Crippen LogP contribution in [-0.2, 0) is 5.41 Å². The summed E-state index contributed by atoms with van der Waals surface area (Å²) in [5.41, 5.74) is 6.54. The molecule has 0 bridgehead atoms. The predicted molar refractivity (Wildman–Crippen MR) is 81.2 cm³/mol. The first-order valence-corrected chi connectivity index (χ1v) is 7.84. The molecule has 1 fully saturated rings. The van der Waals surface area contributed by atoms with Gasteiger partial charge in [0.25, 0.3) is 0 Å². The van der Waals surface area contributed by atoms with Gasteiger partial charge in [0.05, 0.1) is 5.41 Å². The molecule has 6 heteroatoms. The lowest BCUT2D eigenvalue weighted by molar-refractivity contribution is 0.203. The summed E-state index contributed by atoms with van der Waals surface area (Å²) in [6.07, 6.45) is 4.13. The summed E-state index contributed by atoms with van der Waals surface area (Å²) in [6, 6.07) is 4.56. The zero-order valence-electron chi connectivity index (χ0n) is 11.8. The van der Waals surface area contributed by atoms with Gasteiger partial charge >= 0.3 is 0 Å². The molecular weight excluding hydrogens is 337 g/mol. The maximum Gasteiger partial charge on any atom is 0.234 e. The molecule has 2 atom stereocenters. The van der Waals surface area contributed by atoms with Crippen LogP contribution in [0.25, 0.3) is 11.4 Å². The van der Waals surface area contributed by atoms with Crippen molar-refractivity contribution in [3.8, 4) is 11.4 Å². The highest BCUT2D eigenvalue weighted by atomic mass is 79.9. The monoisotopic (exact) mass is 353 g/mol. The second-order valence-electron chi connectivity index (χ2n) is 5.85. The minimum absolute atomic E-state index is 0.0128. The van der Waals surface area contributed by atoms with Crippen LogP contribution in [0.2, 0.25) is 0 Å². The van der Waals surface area contributed by atoms with Crippen molar-refractivity contribution in [1.82, 2.24) is 10.1 Å². The largest absolute Gasteiger partial charge is 0.338 e. The summed E-state index contributed by atoms with van der Waals surface area (Å²) in [6.45, 7) is 2.07. The highest BCUT2D eigenvalue weighted by molar-refractivity contribution is 9.10. The van der Waals surface area contributed by atoms with Gasteiger partial charge in [0, 0.05) is 16.1 Å². The van der Waals surface area contributed by atoms with Crippen LogP contribution in [0.15, 0.2) is 27.2 Å². The molecule has 0 saturated heterocycles. The Kier molecular flexibility index (Phi) is 3.84. The molecule has 2 unspecified atom stereocenters. The van der Waals surface area contributed by atoms with Gasteiger partial charge in [-0.05, 0) is 38.0 Å². The molecule has 1 aromatic heterocycles. The molecule has 0 spiro atoms. The standard InChI is InChI=1S/C15H17BrFN3O/c1-15(5-3-2-4-12(15)18)14-19-13(20-21-14)9-6-10(16)8-11(17)7-9/h6-8,12H,2-5,18H2,1H3. The molecule has 1 heterocycles. The number of hydrogen-bond acceptors (Lipinski definition) is 4. The number of hydrogen-bond donors (Lipinski definition) is 1. The Bertz CT molecular complexity index is 640. The van der Waals surface area contributed by atoms with E-state index in [0.29, 0.717) is 21.8 Å². The van der Waals surface area contributed by atoms with Crippen molar-refractivity contribution in [1.29, 1.82) is 0 Å². The third-order valence-corrected chi connectivity index (χ3v) is 4.77. The summed E-state index contributed by atoms with van der Waals surface area (Å²) in [5.74, 6) is 0.598. The molecule has 0 aliphatic heterocycles. The van der Waals surface area contributed by atoms with E-state index in [2.05, 4.69) is 33.0 Å². The first-order valence-electron chi connectivity index (χ1n) is 7.05. The zero-order chi connectivity index (χ0) is 15.0. The Morgan fingerprint density at radius 1 is 1.38 bits per heavy atom. The molecule has 3 rings (SSSR count). The molecule has 1 aliphatic carbocycles. The highest BCUT2D eigenvalue weighted by Crippen LogP contribution is 2.38. The Hall–Kier alpha value is -1.27. The minimum atomic E-state index is -0.341. The summed E-state index contributed by atoms with van der Waals surface area (Å²) >= 11 is 3.27. The average molecular weight is 354 g/mol. The Balaban J connectivity index is 1.96. The minimum Gasteiger partial charge on any atom is -0.338 e. The van der Waals surface area contributed by atoms with Crippen LogP contribution in [0.1, 0.15) is 38.5 Å². The molecule has 4 nitrogen and oxygen atoms in total. The van der Waals surface area contributed by atoms with E-state index in [-0.39, 0.29) is 17.3 Å². The van der Waals surface area contributed by atoms with Gasteiger partial charge in [-0.3, -0.25) is 0 Å². The Morgan fingerprint density at radius 3 is 2.90 bits per heavy atom. The van der Waals surface area contributed by atoms with E-state index in [0.717, 1.165) is 25.7 Å². The quantitative estimate of drug-likeness (QED) is 0.891. The molecular formula is C15H17BrFN3O. The van der Waals surface area contributed by atoms with Gasteiger partial charge in [0.15, 0.2) is 0 Å². The second-order valence-corrected chi connectivity index (χ2v) is 6.77. The third kappa shape index (κ3) is 2.74. The van der Waals surface area contributed by atoms with E-state index in [1.54, 1.807) is 6.07 Å². The summed E-state index contributed by atoms with van der Waals surface area (Å²) < 4.78 is 19.6. The van der Waals surface area contributed by atoms with Crippen molar-refractivity contribution in [3.63, 3.8) is 0 Å². The SMILES string of the molecule is CC1(c2nc(-c3cc(F)cc(Br)c3)no2)CCCCC1N. The van der Waals surface area contributed by atoms with Crippen molar-refractivity contribution in [2.24, 2.45) is 5.73 Å². The van der Waals surface area contributed by atoms with Crippen LogP contribution in [-0.4, -0.2) is 16.2 Å². The second kappa shape index (κ2) is 5.50. The molecule has 1 aliphatic rings. The normalized spacial score (nSPS) is 26.0. The lowest BCUT2D eigenvalue weighted by Gasteiger charge is -2.35. The number of nitrogens with zero attached hydrogens (tertiary/aromatic N) is 2. The maximum absolute atomic E-state index is 13.5. The van der Waals surface area contributed by atoms with Gasteiger partial charge in [-0.1, -0.05) is 33.9 Å². The summed E-state index contributed by atoms with van der Waals surface area (Å²) in [7, 11) is 0. The predicted octanol–water partition coefficient (Wildman–Crippen LogP) is 3.80. The smallest absolute Gasteiger partial charge is 0.234 e. The van der Waals surface area contributed by atoms with E-state index >= 15 is 0 Å². The molecule has 1 aromatic carbocycles. The number of halogens is 2. The first-order chi connectivity index (χ1) is 9.99. The van der Waals surface area contributed by atoms with Crippen LogP contribution < -0.4 is 5.73 Å². The molecule has 21 heavy (non-hydrogen) atoms. The molecule has 2 aromatic rings. The molecule has 1 saturated carbocycles. The van der Waals surface area contributed by atoms with Crippen LogP contribution in [0.5, 0.6) is 0 Å². The topological polar surface area (TPSA) is 64.9 Å². The lowest BCUT2D eigenvalue weighted by atomic mass is 9.72. The van der Waals surface area contributed by atoms with Crippen LogP contribution >= 0.6 is 15.9 Å². The Labute approximate surface area is 131 Å². The number of nitrogens with two attached hydrogens (primary N) is 1. The summed E-state index contributed by atoms with van der Waals surface area (Å²) in [5, 5.41) is 3.99. The van der Waals surface area contributed by atoms with Crippen LogP contribution in [0.3, 0.4) is 0 Å². The van der Waals surface area contributed by atoms with E-state index in [1.807, 2.05) is 0 Å². The third-order valence-electron chi connectivity index (χ3n) is 4.31. The molecule has 112 valence electrons. The lowest BCUT2D eigenvalue weighted by Crippen LogP contribution is -2.45. The van der Waals surface area contributed by atoms with Gasteiger partial charge in [-0.2, -0.15) is 4.98 Å². The van der Waals surface area contributed by atoms with E-state index in [4.69, 9.17) is 10.3 Å². The number of rotatable bonds is 2. The Morgan fingerprint density at radius 2 is 2.19 bits per heavy atom. The fourth-order valence-electron chi connectivity index (χ4n) is 2.88. The fourth-order valence-corrected chi connectivity index (χ4v) is 3.35. The molecule has 0 amide bonds. The van der Waals surface area contributed by atoms with E-state index < -0.39 is 0 Å². The van der Waals surface area contributed by atoms with E-state index in [1.165, 1.54) is 12.1 Å². The molecule has 0 radical (unpaired) electrons. The number of aromatic nitrogens is 2. The number of benzene rings is 1. The van der Waals surface area contributed by atoms with Crippen molar-refractivity contribution in [2.75, 3.05) is 0 Å². The highest BCUT2D eigenvalue weighted by Gasteiger charge is 2.40. The van der Waals surface area contributed by atoms with E-state index in [9.17, 15) is 4.39 Å². The van der Waals surface area contributed by atoms with Gasteiger partial charge in [0.2, 0.25) is 11.7 Å². The molecule has 2 N–H and O–H groups in total. The van der Waals surface area contributed by atoms with Gasteiger partial charge < -0.3 is 10.3 Å². The van der Waals surface area contributed by atoms with Crippen LogP contribution in [0.4, 0.5) is 4.39 Å².